The second-order valence-electron chi connectivity index (χ2n) is 7.18. The first kappa shape index (κ1) is 22.7. The number of rotatable bonds is 8. The fraction of sp³-hybridized carbons (Fsp3) is 0.409. The van der Waals surface area contributed by atoms with E-state index in [1.165, 1.54) is 0 Å². The standard InChI is InChI=1S/C22H28ClN5O3/c1-2-15-31-19-7-6-17(23)16-18(19)26-22(30)25-10-8-21(29)28-13-11-27(12-14-28)20-5-3-4-9-24-20/h3-7,9,16H,2,8,10-15H2,1H3,(H2,25,26,30). The summed E-state index contributed by atoms with van der Waals surface area (Å²) in [5.41, 5.74) is 0.496. The van der Waals surface area contributed by atoms with E-state index in [0.29, 0.717) is 36.2 Å². The first-order valence-corrected chi connectivity index (χ1v) is 10.9. The first-order chi connectivity index (χ1) is 15.1. The number of nitrogens with one attached hydrogen (secondary N) is 2. The van der Waals surface area contributed by atoms with Gasteiger partial charge in [0.1, 0.15) is 11.6 Å². The monoisotopic (exact) mass is 445 g/mol. The van der Waals surface area contributed by atoms with Crippen molar-refractivity contribution in [2.75, 3.05) is 49.5 Å². The number of ether oxygens (including phenoxy) is 1. The van der Waals surface area contributed by atoms with E-state index in [0.717, 1.165) is 25.3 Å². The molecule has 1 aromatic heterocycles. The number of hydrogen-bond donors (Lipinski definition) is 2. The lowest BCUT2D eigenvalue weighted by molar-refractivity contribution is -0.131. The minimum absolute atomic E-state index is 0.0238. The molecule has 2 heterocycles. The lowest BCUT2D eigenvalue weighted by Gasteiger charge is -2.35. The van der Waals surface area contributed by atoms with E-state index >= 15 is 0 Å². The molecule has 1 fully saturated rings. The van der Waals surface area contributed by atoms with Crippen LogP contribution in [0, 0.1) is 0 Å². The molecule has 1 saturated heterocycles. The molecule has 1 aliphatic rings. The molecular weight excluding hydrogens is 418 g/mol. The van der Waals surface area contributed by atoms with Crippen molar-refractivity contribution in [1.82, 2.24) is 15.2 Å². The number of benzene rings is 1. The van der Waals surface area contributed by atoms with Gasteiger partial charge < -0.3 is 25.2 Å². The number of pyridine rings is 1. The van der Waals surface area contributed by atoms with Crippen LogP contribution in [0.15, 0.2) is 42.6 Å². The van der Waals surface area contributed by atoms with Crippen molar-refractivity contribution in [3.63, 3.8) is 0 Å². The zero-order valence-electron chi connectivity index (χ0n) is 17.6. The zero-order chi connectivity index (χ0) is 22.1. The molecule has 0 unspecified atom stereocenters. The highest BCUT2D eigenvalue weighted by atomic mass is 35.5. The van der Waals surface area contributed by atoms with Gasteiger partial charge in [-0.1, -0.05) is 24.6 Å². The summed E-state index contributed by atoms with van der Waals surface area (Å²) in [4.78, 5) is 33.1. The fourth-order valence-corrected chi connectivity index (χ4v) is 3.44. The van der Waals surface area contributed by atoms with Crippen molar-refractivity contribution >= 4 is 35.0 Å². The molecule has 2 aromatic rings. The third-order valence-corrected chi connectivity index (χ3v) is 5.12. The average molecular weight is 446 g/mol. The number of carbonyl (C=O) groups excluding carboxylic acids is 2. The van der Waals surface area contributed by atoms with Gasteiger partial charge in [0.25, 0.3) is 0 Å². The number of amides is 3. The zero-order valence-corrected chi connectivity index (χ0v) is 18.4. The average Bonchev–Trinajstić information content (AvgIpc) is 2.79. The number of urea groups is 1. The van der Waals surface area contributed by atoms with E-state index in [1.54, 1.807) is 24.4 Å². The molecule has 0 atom stereocenters. The number of carbonyl (C=O) groups is 2. The molecule has 3 amide bonds. The smallest absolute Gasteiger partial charge is 0.319 e. The second-order valence-corrected chi connectivity index (χ2v) is 7.61. The lowest BCUT2D eigenvalue weighted by atomic mass is 10.2. The molecule has 0 saturated carbocycles. The van der Waals surface area contributed by atoms with Crippen molar-refractivity contribution in [3.8, 4) is 5.75 Å². The van der Waals surface area contributed by atoms with Gasteiger partial charge in [0.15, 0.2) is 0 Å². The van der Waals surface area contributed by atoms with E-state index in [9.17, 15) is 9.59 Å². The first-order valence-electron chi connectivity index (χ1n) is 10.5. The molecule has 0 bridgehead atoms. The van der Waals surface area contributed by atoms with Gasteiger partial charge in [-0.15, -0.1) is 0 Å². The molecule has 1 aromatic carbocycles. The summed E-state index contributed by atoms with van der Waals surface area (Å²) in [5.74, 6) is 1.51. The van der Waals surface area contributed by atoms with Gasteiger partial charge in [-0.2, -0.15) is 0 Å². The third-order valence-electron chi connectivity index (χ3n) is 4.88. The van der Waals surface area contributed by atoms with Crippen LogP contribution < -0.4 is 20.3 Å². The maximum absolute atomic E-state index is 12.5. The highest BCUT2D eigenvalue weighted by Crippen LogP contribution is 2.28. The van der Waals surface area contributed by atoms with Crippen LogP contribution in [-0.2, 0) is 4.79 Å². The van der Waals surface area contributed by atoms with E-state index in [-0.39, 0.29) is 18.9 Å². The topological polar surface area (TPSA) is 86.8 Å². The molecule has 0 radical (unpaired) electrons. The van der Waals surface area contributed by atoms with Crippen molar-refractivity contribution in [2.45, 2.75) is 19.8 Å². The maximum atomic E-state index is 12.5. The molecule has 166 valence electrons. The van der Waals surface area contributed by atoms with Crippen molar-refractivity contribution in [2.24, 2.45) is 0 Å². The molecule has 3 rings (SSSR count). The highest BCUT2D eigenvalue weighted by molar-refractivity contribution is 6.31. The number of piperazine rings is 1. The van der Waals surface area contributed by atoms with Crippen LogP contribution in [0.5, 0.6) is 5.75 Å². The summed E-state index contributed by atoms with van der Waals surface area (Å²) >= 11 is 6.03. The Bertz CT molecular complexity index is 873. The van der Waals surface area contributed by atoms with E-state index in [4.69, 9.17) is 16.3 Å². The van der Waals surface area contributed by atoms with Crippen molar-refractivity contribution in [1.29, 1.82) is 0 Å². The van der Waals surface area contributed by atoms with Crippen LogP contribution in [0.1, 0.15) is 19.8 Å². The summed E-state index contributed by atoms with van der Waals surface area (Å²) in [5, 5.41) is 5.96. The van der Waals surface area contributed by atoms with Gasteiger partial charge in [0.05, 0.1) is 12.3 Å². The van der Waals surface area contributed by atoms with Gasteiger partial charge >= 0.3 is 6.03 Å². The van der Waals surface area contributed by atoms with Crippen LogP contribution in [0.4, 0.5) is 16.3 Å². The predicted octanol–water partition coefficient (Wildman–Crippen LogP) is 3.38. The Kier molecular flexibility index (Phi) is 8.35. The van der Waals surface area contributed by atoms with Gasteiger partial charge in [0, 0.05) is 50.4 Å². The summed E-state index contributed by atoms with van der Waals surface area (Å²) < 4.78 is 5.63. The van der Waals surface area contributed by atoms with Crippen LogP contribution in [0.2, 0.25) is 5.02 Å². The molecule has 1 aliphatic heterocycles. The summed E-state index contributed by atoms with van der Waals surface area (Å²) in [6, 6.07) is 10.5. The predicted molar refractivity (Wildman–Crippen MR) is 122 cm³/mol. The number of nitrogens with zero attached hydrogens (tertiary/aromatic N) is 3. The van der Waals surface area contributed by atoms with E-state index in [1.807, 2.05) is 30.0 Å². The SMILES string of the molecule is CCCOc1ccc(Cl)cc1NC(=O)NCCC(=O)N1CCN(c2ccccn2)CC1. The number of halogens is 1. The molecule has 0 spiro atoms. The maximum Gasteiger partial charge on any atom is 0.319 e. The second kappa shape index (κ2) is 11.4. The Balaban J connectivity index is 1.41. The molecule has 0 aliphatic carbocycles. The normalized spacial score (nSPS) is 13.6. The van der Waals surface area contributed by atoms with E-state index < -0.39 is 6.03 Å². The van der Waals surface area contributed by atoms with Crippen molar-refractivity contribution in [3.05, 3.63) is 47.6 Å². The van der Waals surface area contributed by atoms with Crippen LogP contribution >= 0.6 is 11.6 Å². The Morgan fingerprint density at radius 1 is 1.16 bits per heavy atom. The highest BCUT2D eigenvalue weighted by Gasteiger charge is 2.21. The van der Waals surface area contributed by atoms with Crippen LogP contribution in [0.25, 0.3) is 0 Å². The molecule has 31 heavy (non-hydrogen) atoms. The minimum Gasteiger partial charge on any atom is -0.491 e. The van der Waals surface area contributed by atoms with Crippen LogP contribution in [-0.4, -0.2) is 61.2 Å². The van der Waals surface area contributed by atoms with Crippen LogP contribution in [0.3, 0.4) is 0 Å². The Morgan fingerprint density at radius 3 is 2.68 bits per heavy atom. The summed E-state index contributed by atoms with van der Waals surface area (Å²) in [7, 11) is 0. The number of hydrogen-bond acceptors (Lipinski definition) is 5. The van der Waals surface area contributed by atoms with Gasteiger partial charge in [-0.3, -0.25) is 4.79 Å². The number of anilines is 2. The Labute approximate surface area is 187 Å². The van der Waals surface area contributed by atoms with Gasteiger partial charge in [-0.05, 0) is 36.8 Å². The summed E-state index contributed by atoms with van der Waals surface area (Å²) in [6.07, 6.45) is 2.87. The van der Waals surface area contributed by atoms with Gasteiger partial charge in [-0.25, -0.2) is 9.78 Å². The fourth-order valence-electron chi connectivity index (χ4n) is 3.27. The quantitative estimate of drug-likeness (QED) is 0.650. The molecular formula is C22H28ClN5O3. The van der Waals surface area contributed by atoms with E-state index in [2.05, 4.69) is 20.5 Å². The molecule has 2 N–H and O–H groups in total. The summed E-state index contributed by atoms with van der Waals surface area (Å²) in [6.45, 7) is 5.56. The van der Waals surface area contributed by atoms with Gasteiger partial charge in [0.2, 0.25) is 5.91 Å². The largest absolute Gasteiger partial charge is 0.491 e. The minimum atomic E-state index is -0.406. The molecule has 8 nitrogen and oxygen atoms in total. The lowest BCUT2D eigenvalue weighted by Crippen LogP contribution is -2.49. The number of aromatic nitrogens is 1. The molecule has 9 heteroatoms. The Hall–Kier alpha value is -3.00. The third kappa shape index (κ3) is 6.75. The Morgan fingerprint density at radius 2 is 1.97 bits per heavy atom. The van der Waals surface area contributed by atoms with Crippen molar-refractivity contribution < 1.29 is 14.3 Å².